The quantitative estimate of drug-likeness (QED) is 0.247. The van der Waals surface area contributed by atoms with Gasteiger partial charge in [-0.2, -0.15) is 4.98 Å². The number of ether oxygens (including phenoxy) is 1. The summed E-state index contributed by atoms with van der Waals surface area (Å²) in [6.45, 7) is 8.67. The third-order valence-electron chi connectivity index (χ3n) is 9.33. The molecule has 45 heavy (non-hydrogen) atoms. The van der Waals surface area contributed by atoms with Gasteiger partial charge in [0.2, 0.25) is 5.91 Å². The highest BCUT2D eigenvalue weighted by Gasteiger charge is 2.54. The van der Waals surface area contributed by atoms with Gasteiger partial charge in [-0.3, -0.25) is 9.36 Å². The van der Waals surface area contributed by atoms with Crippen LogP contribution in [0, 0.1) is 5.92 Å². The van der Waals surface area contributed by atoms with E-state index in [2.05, 4.69) is 82.2 Å². The predicted octanol–water partition coefficient (Wildman–Crippen LogP) is 4.85. The van der Waals surface area contributed by atoms with Crippen molar-refractivity contribution in [2.45, 2.75) is 89.4 Å². The van der Waals surface area contributed by atoms with E-state index in [-0.39, 0.29) is 29.8 Å². The molecule has 6 rings (SSSR count). The van der Waals surface area contributed by atoms with Gasteiger partial charge in [0.05, 0.1) is 12.2 Å². The molecule has 0 saturated carbocycles. The lowest BCUT2D eigenvalue weighted by Crippen LogP contribution is -2.58. The predicted molar refractivity (Wildman–Crippen MR) is 176 cm³/mol. The zero-order valence-corrected chi connectivity index (χ0v) is 28.1. The fourth-order valence-electron chi connectivity index (χ4n) is 6.70. The van der Waals surface area contributed by atoms with Crippen molar-refractivity contribution in [2.24, 2.45) is 5.92 Å². The minimum absolute atomic E-state index is 0.0349. The number of rotatable bonds is 10. The summed E-state index contributed by atoms with van der Waals surface area (Å²) in [4.78, 5) is 28.9. The summed E-state index contributed by atoms with van der Waals surface area (Å²) in [5, 5.41) is 5.33. The molecule has 3 saturated heterocycles. The molecule has 1 N–H and O–H groups in total. The molecule has 3 aliphatic heterocycles. The summed E-state index contributed by atoms with van der Waals surface area (Å²) in [6.07, 6.45) is -0.302. The highest BCUT2D eigenvalue weighted by molar-refractivity contribution is 7.45. The zero-order chi connectivity index (χ0) is 31.7. The maximum atomic E-state index is 16.2. The number of hydrogen-bond donors (Lipinski definition) is 1. The Hall–Kier alpha value is -2.79. The fraction of sp³-hybridized carbons (Fsp3) is 0.485. The molecule has 0 spiro atoms. The highest BCUT2D eigenvalue weighted by Crippen LogP contribution is 2.59. The minimum atomic E-state index is -2.18. The van der Waals surface area contributed by atoms with Crippen LogP contribution in [-0.4, -0.2) is 65.3 Å². The largest absolute Gasteiger partial charge is 0.351 e. The van der Waals surface area contributed by atoms with Gasteiger partial charge in [-0.1, -0.05) is 98.4 Å². The van der Waals surface area contributed by atoms with Gasteiger partial charge in [0.1, 0.15) is 20.0 Å². The average molecular weight is 653 g/mol. The van der Waals surface area contributed by atoms with Gasteiger partial charge in [-0.05, 0) is 31.4 Å². The zero-order valence-electron chi connectivity index (χ0n) is 26.2. The third-order valence-corrected chi connectivity index (χ3v) is 15.6. The van der Waals surface area contributed by atoms with Gasteiger partial charge in [0.25, 0.3) is 8.53 Å². The number of alkyl halides is 1. The van der Waals surface area contributed by atoms with Crippen LogP contribution in [0.1, 0.15) is 46.3 Å². The summed E-state index contributed by atoms with van der Waals surface area (Å²) in [7, 11) is -3.70. The number of halogens is 1. The number of amides is 1. The Balaban J connectivity index is 1.20. The van der Waals surface area contributed by atoms with Gasteiger partial charge >= 0.3 is 5.69 Å². The topological polar surface area (TPSA) is 94.9 Å². The number of aromatic nitrogens is 2. The molecule has 12 heteroatoms. The van der Waals surface area contributed by atoms with Crippen LogP contribution in [0.15, 0.2) is 77.7 Å². The monoisotopic (exact) mass is 652 g/mol. The van der Waals surface area contributed by atoms with Crippen LogP contribution in [0.4, 0.5) is 10.2 Å². The number of benzene rings is 2. The van der Waals surface area contributed by atoms with E-state index < -0.39 is 46.9 Å². The number of carbonyl (C=O) groups is 1. The van der Waals surface area contributed by atoms with Gasteiger partial charge < -0.3 is 19.1 Å². The molecule has 1 aromatic heterocycles. The number of carbonyl (C=O) groups excluding carboxylic acids is 1. The molecule has 0 radical (unpaired) electrons. The molecule has 9 nitrogen and oxygen atoms in total. The number of nitrogens with one attached hydrogen (secondary N) is 1. The first-order valence-electron chi connectivity index (χ1n) is 15.9. The number of anilines is 1. The van der Waals surface area contributed by atoms with Gasteiger partial charge in [0.15, 0.2) is 12.4 Å². The van der Waals surface area contributed by atoms with Crippen LogP contribution in [-0.2, 0) is 18.6 Å². The van der Waals surface area contributed by atoms with E-state index in [0.29, 0.717) is 6.42 Å². The molecule has 3 fully saturated rings. The molecular formula is C33H42FN4O5PSi. The van der Waals surface area contributed by atoms with E-state index in [1.54, 1.807) is 13.8 Å². The van der Waals surface area contributed by atoms with Crippen LogP contribution in [0.5, 0.6) is 0 Å². The molecule has 4 heterocycles. The molecule has 1 amide bonds. The third kappa shape index (κ3) is 6.44. The van der Waals surface area contributed by atoms with Gasteiger partial charge in [0, 0.05) is 24.7 Å². The van der Waals surface area contributed by atoms with Crippen LogP contribution in [0.25, 0.3) is 0 Å². The second kappa shape index (κ2) is 13.5. The Morgan fingerprint density at radius 1 is 1.11 bits per heavy atom. The van der Waals surface area contributed by atoms with Crippen molar-refractivity contribution in [3.8, 4) is 0 Å². The first kappa shape index (κ1) is 32.2. The van der Waals surface area contributed by atoms with Crippen LogP contribution in [0.2, 0.25) is 12.6 Å². The lowest BCUT2D eigenvalue weighted by Gasteiger charge is -2.32. The van der Waals surface area contributed by atoms with Gasteiger partial charge in [-0.15, -0.1) is 0 Å². The summed E-state index contributed by atoms with van der Waals surface area (Å²) < 4.78 is 39.1. The SMILES string of the molecule is CC[C@H]1O[C@@H](n2ccc(NC(=O)C(C)C)nc2=O)[C@@H](F)C1O[P@]1O[C@@H](C[Si](C)(c2ccccc2)c2ccccc2)[C@H]2CCCN21. The molecule has 2 aromatic carbocycles. The molecule has 7 atom stereocenters. The fourth-order valence-corrected chi connectivity index (χ4v) is 12.7. The van der Waals surface area contributed by atoms with Crippen molar-refractivity contribution in [3.63, 3.8) is 0 Å². The Bertz CT molecular complexity index is 1490. The van der Waals surface area contributed by atoms with Crippen molar-refractivity contribution in [1.82, 2.24) is 14.2 Å². The van der Waals surface area contributed by atoms with Gasteiger partial charge in [-0.25, -0.2) is 13.9 Å². The molecule has 3 aromatic rings. The minimum Gasteiger partial charge on any atom is -0.349 e. The number of fused-ring (bicyclic) bond motifs is 1. The maximum Gasteiger partial charge on any atom is 0.351 e. The summed E-state index contributed by atoms with van der Waals surface area (Å²) >= 11 is 0. The highest BCUT2D eigenvalue weighted by atomic mass is 31.2. The van der Waals surface area contributed by atoms with E-state index in [0.717, 1.165) is 30.0 Å². The Morgan fingerprint density at radius 2 is 1.78 bits per heavy atom. The van der Waals surface area contributed by atoms with Crippen LogP contribution in [0.3, 0.4) is 0 Å². The smallest absolute Gasteiger partial charge is 0.349 e. The molecule has 0 bridgehead atoms. The molecule has 0 aliphatic carbocycles. The maximum absolute atomic E-state index is 16.2. The Kier molecular flexibility index (Phi) is 9.66. The van der Waals surface area contributed by atoms with E-state index in [1.807, 2.05) is 6.92 Å². The van der Waals surface area contributed by atoms with E-state index in [9.17, 15) is 9.59 Å². The second-order valence-electron chi connectivity index (χ2n) is 12.7. The van der Waals surface area contributed by atoms with Crippen molar-refractivity contribution in [2.75, 3.05) is 11.9 Å². The first-order valence-corrected chi connectivity index (χ1v) is 19.7. The normalized spacial score (nSPS) is 28.4. The Labute approximate surface area is 266 Å². The van der Waals surface area contributed by atoms with E-state index in [4.69, 9.17) is 13.8 Å². The van der Waals surface area contributed by atoms with Crippen molar-refractivity contribution < 1.29 is 23.0 Å². The van der Waals surface area contributed by atoms with Crippen molar-refractivity contribution in [3.05, 3.63) is 83.4 Å². The lowest BCUT2D eigenvalue weighted by molar-refractivity contribution is -0.118. The standard InChI is InChI=1S/C33H42FN4O5PSi/c1-5-26-30(29(34)32(41-26)37-20-18-28(36-33(37)40)35-31(39)22(2)3)43-44-38-19-12-17-25(38)27(42-44)21-45(4,23-13-8-6-9-14-23)24-15-10-7-11-16-24/h6-11,13-16,18,20,22,25-27,29-30,32H,5,12,17,19,21H2,1-4H3,(H,35,36,39,40)/t25-,26-,27+,29+,30?,32-,44+/m1/s1. The van der Waals surface area contributed by atoms with Crippen molar-refractivity contribution >= 4 is 38.7 Å². The average Bonchev–Trinajstić information content (AvgIpc) is 3.74. The summed E-state index contributed by atoms with van der Waals surface area (Å²) in [6, 6.07) is 24.1. The molecule has 1 unspecified atom stereocenters. The summed E-state index contributed by atoms with van der Waals surface area (Å²) in [5.74, 6) is -0.403. The second-order valence-corrected chi connectivity index (χ2v) is 18.3. The number of nitrogens with zero attached hydrogens (tertiary/aromatic N) is 3. The summed E-state index contributed by atoms with van der Waals surface area (Å²) in [5.41, 5.74) is -0.701. The molecular weight excluding hydrogens is 610 g/mol. The molecule has 240 valence electrons. The van der Waals surface area contributed by atoms with E-state index >= 15 is 4.39 Å². The Morgan fingerprint density at radius 3 is 2.38 bits per heavy atom. The number of hydrogen-bond acceptors (Lipinski definition) is 7. The van der Waals surface area contributed by atoms with Crippen LogP contribution >= 0.6 is 8.53 Å². The first-order chi connectivity index (χ1) is 21.7. The van der Waals surface area contributed by atoms with E-state index in [1.165, 1.54) is 22.6 Å². The van der Waals surface area contributed by atoms with Crippen LogP contribution < -0.4 is 21.4 Å². The lowest BCUT2D eigenvalue weighted by atomic mass is 10.1. The molecule has 3 aliphatic rings. The van der Waals surface area contributed by atoms with Crippen molar-refractivity contribution in [1.29, 1.82) is 0 Å².